The number of carbonyl (C=O) groups excluding carboxylic acids is 1. The molecule has 1 atom stereocenters. The van der Waals surface area contributed by atoms with Crippen molar-refractivity contribution in [2.24, 2.45) is 0 Å². The Morgan fingerprint density at radius 3 is 3.13 bits per heavy atom. The molecule has 9 nitrogen and oxygen atoms in total. The fraction of sp³-hybridized carbons (Fsp3) is 0.381. The topological polar surface area (TPSA) is 120 Å². The van der Waals surface area contributed by atoms with Gasteiger partial charge < -0.3 is 15.1 Å². The first-order valence-electron chi connectivity index (χ1n) is 10.1. The number of piperidine rings is 1. The molecule has 1 aliphatic rings. The molecule has 3 aromatic heterocycles. The van der Waals surface area contributed by atoms with E-state index in [-0.39, 0.29) is 11.8 Å². The third-order valence-corrected chi connectivity index (χ3v) is 5.77. The first-order valence-corrected chi connectivity index (χ1v) is 11.0. The van der Waals surface area contributed by atoms with Crippen LogP contribution in [0.2, 0.25) is 0 Å². The number of carbonyl (C=O) groups is 1. The third kappa shape index (κ3) is 5.45. The molecule has 0 spiro atoms. The molecule has 1 aliphatic heterocycles. The van der Waals surface area contributed by atoms with Crippen LogP contribution in [0.3, 0.4) is 0 Å². The van der Waals surface area contributed by atoms with Crippen LogP contribution in [-0.4, -0.2) is 45.4 Å². The van der Waals surface area contributed by atoms with E-state index >= 15 is 0 Å². The number of nitriles is 1. The summed E-state index contributed by atoms with van der Waals surface area (Å²) in [6, 6.07) is 7.66. The Labute approximate surface area is 184 Å². The molecule has 0 saturated carbocycles. The molecular weight excluding hydrogens is 414 g/mol. The maximum Gasteiger partial charge on any atom is 0.271 e. The molecule has 4 rings (SSSR count). The van der Waals surface area contributed by atoms with E-state index in [1.165, 1.54) is 11.3 Å². The van der Waals surface area contributed by atoms with Gasteiger partial charge in [-0.3, -0.25) is 9.69 Å². The first kappa shape index (κ1) is 21.0. The number of rotatable bonds is 7. The van der Waals surface area contributed by atoms with Crippen LogP contribution in [0.15, 0.2) is 34.3 Å². The second-order valence-electron chi connectivity index (χ2n) is 7.41. The summed E-state index contributed by atoms with van der Waals surface area (Å²) in [7, 11) is 0. The minimum atomic E-state index is -0.264. The SMILES string of the molecule is Cc1cc(Nc2nc(C(=O)NCc3ccco3)cs2)nc([C@H]2CCCN(CC#N)C2)n1. The Balaban J connectivity index is 1.41. The Morgan fingerprint density at radius 2 is 2.32 bits per heavy atom. The predicted octanol–water partition coefficient (Wildman–Crippen LogP) is 3.21. The summed E-state index contributed by atoms with van der Waals surface area (Å²) >= 11 is 1.34. The zero-order chi connectivity index (χ0) is 21.6. The van der Waals surface area contributed by atoms with E-state index in [0.29, 0.717) is 35.5 Å². The third-order valence-electron chi connectivity index (χ3n) is 5.01. The van der Waals surface area contributed by atoms with Crippen molar-refractivity contribution in [1.82, 2.24) is 25.2 Å². The summed E-state index contributed by atoms with van der Waals surface area (Å²) in [6.45, 7) is 4.39. The van der Waals surface area contributed by atoms with Gasteiger partial charge in [0.1, 0.15) is 23.1 Å². The number of nitrogens with one attached hydrogen (secondary N) is 2. The standard InChI is InChI=1S/C21H23N7O2S/c1-14-10-18(26-19(24-14)15-4-2-7-28(12-15)8-6-22)27-21-25-17(13-31-21)20(29)23-11-16-5-3-9-30-16/h3,5,9-10,13,15H,2,4,7-8,11-12H2,1H3,(H,23,29)(H,24,25,26,27)/t15-/m0/s1. The summed E-state index contributed by atoms with van der Waals surface area (Å²) in [4.78, 5) is 28.1. The molecule has 0 radical (unpaired) electrons. The van der Waals surface area contributed by atoms with E-state index in [9.17, 15) is 4.79 Å². The van der Waals surface area contributed by atoms with Crippen LogP contribution in [0.25, 0.3) is 0 Å². The molecule has 1 saturated heterocycles. The van der Waals surface area contributed by atoms with Crippen molar-refractivity contribution in [1.29, 1.82) is 5.26 Å². The van der Waals surface area contributed by atoms with Gasteiger partial charge in [-0.1, -0.05) is 0 Å². The van der Waals surface area contributed by atoms with Crippen molar-refractivity contribution >= 4 is 28.2 Å². The molecule has 3 aromatic rings. The summed E-state index contributed by atoms with van der Waals surface area (Å²) in [6.07, 6.45) is 3.59. The van der Waals surface area contributed by atoms with E-state index < -0.39 is 0 Å². The number of furan rings is 1. The second kappa shape index (κ2) is 9.68. The molecule has 4 heterocycles. The van der Waals surface area contributed by atoms with Gasteiger partial charge in [-0.05, 0) is 38.4 Å². The molecule has 160 valence electrons. The molecule has 1 amide bonds. The van der Waals surface area contributed by atoms with E-state index in [4.69, 9.17) is 14.7 Å². The number of aryl methyl sites for hydroxylation is 1. The van der Waals surface area contributed by atoms with Gasteiger partial charge in [-0.25, -0.2) is 15.0 Å². The van der Waals surface area contributed by atoms with Gasteiger partial charge in [0, 0.05) is 29.6 Å². The van der Waals surface area contributed by atoms with E-state index in [1.807, 2.05) is 13.0 Å². The average molecular weight is 438 g/mol. The maximum atomic E-state index is 12.3. The van der Waals surface area contributed by atoms with Crippen LogP contribution in [0.5, 0.6) is 0 Å². The van der Waals surface area contributed by atoms with Gasteiger partial charge in [-0.2, -0.15) is 5.26 Å². The molecule has 0 unspecified atom stereocenters. The molecule has 0 bridgehead atoms. The highest BCUT2D eigenvalue weighted by Crippen LogP contribution is 2.27. The number of amides is 1. The molecule has 10 heteroatoms. The average Bonchev–Trinajstić information content (AvgIpc) is 3.44. The van der Waals surface area contributed by atoms with Crippen LogP contribution in [0.4, 0.5) is 10.9 Å². The van der Waals surface area contributed by atoms with Crippen molar-refractivity contribution in [3.8, 4) is 6.07 Å². The van der Waals surface area contributed by atoms with Crippen molar-refractivity contribution in [3.63, 3.8) is 0 Å². The molecular formula is C21H23N7O2S. The molecule has 0 aromatic carbocycles. The van der Waals surface area contributed by atoms with Gasteiger partial charge in [0.05, 0.1) is 25.4 Å². The van der Waals surface area contributed by atoms with Crippen molar-refractivity contribution < 1.29 is 9.21 Å². The lowest BCUT2D eigenvalue weighted by molar-refractivity contribution is 0.0944. The van der Waals surface area contributed by atoms with Crippen LogP contribution in [-0.2, 0) is 6.54 Å². The maximum absolute atomic E-state index is 12.3. The summed E-state index contributed by atoms with van der Waals surface area (Å²) in [5.74, 6) is 2.04. The van der Waals surface area contributed by atoms with Gasteiger partial charge in [-0.15, -0.1) is 11.3 Å². The predicted molar refractivity (Wildman–Crippen MR) is 116 cm³/mol. The molecule has 31 heavy (non-hydrogen) atoms. The normalized spacial score (nSPS) is 16.6. The first-order chi connectivity index (χ1) is 15.1. The van der Waals surface area contributed by atoms with E-state index in [1.54, 1.807) is 23.8 Å². The highest BCUT2D eigenvalue weighted by Gasteiger charge is 2.24. The van der Waals surface area contributed by atoms with Crippen LogP contribution >= 0.6 is 11.3 Å². The Morgan fingerprint density at radius 1 is 1.42 bits per heavy atom. The van der Waals surface area contributed by atoms with Crippen molar-refractivity contribution in [2.45, 2.75) is 32.2 Å². The number of aromatic nitrogens is 3. The zero-order valence-electron chi connectivity index (χ0n) is 17.2. The monoisotopic (exact) mass is 437 g/mol. The quantitative estimate of drug-likeness (QED) is 0.541. The number of nitrogens with zero attached hydrogens (tertiary/aromatic N) is 5. The molecule has 0 aliphatic carbocycles. The fourth-order valence-corrected chi connectivity index (χ4v) is 4.26. The molecule has 1 fully saturated rings. The van der Waals surface area contributed by atoms with Crippen LogP contribution in [0.1, 0.15) is 46.5 Å². The zero-order valence-corrected chi connectivity index (χ0v) is 18.0. The van der Waals surface area contributed by atoms with E-state index in [2.05, 4.69) is 31.6 Å². The summed E-state index contributed by atoms with van der Waals surface area (Å²) < 4.78 is 5.22. The highest BCUT2D eigenvalue weighted by atomic mass is 32.1. The van der Waals surface area contributed by atoms with Crippen LogP contribution in [0, 0.1) is 18.3 Å². The van der Waals surface area contributed by atoms with Crippen molar-refractivity contribution in [2.75, 3.05) is 25.0 Å². The van der Waals surface area contributed by atoms with Gasteiger partial charge in [0.2, 0.25) is 0 Å². The lowest BCUT2D eigenvalue weighted by atomic mass is 9.97. The van der Waals surface area contributed by atoms with E-state index in [0.717, 1.165) is 37.4 Å². The summed E-state index contributed by atoms with van der Waals surface area (Å²) in [5, 5.41) is 17.2. The second-order valence-corrected chi connectivity index (χ2v) is 8.27. The number of likely N-dealkylation sites (tertiary alicyclic amines) is 1. The van der Waals surface area contributed by atoms with Crippen molar-refractivity contribution in [3.05, 3.63) is 52.8 Å². The molecule has 2 N–H and O–H groups in total. The number of hydrogen-bond acceptors (Lipinski definition) is 9. The lowest BCUT2D eigenvalue weighted by Crippen LogP contribution is -2.35. The smallest absolute Gasteiger partial charge is 0.271 e. The number of hydrogen-bond donors (Lipinski definition) is 2. The van der Waals surface area contributed by atoms with Crippen LogP contribution < -0.4 is 10.6 Å². The highest BCUT2D eigenvalue weighted by molar-refractivity contribution is 7.14. The lowest BCUT2D eigenvalue weighted by Gasteiger charge is -2.30. The Bertz CT molecular complexity index is 1070. The number of anilines is 2. The Kier molecular flexibility index (Phi) is 6.54. The fourth-order valence-electron chi connectivity index (χ4n) is 3.56. The summed E-state index contributed by atoms with van der Waals surface area (Å²) in [5.41, 5.74) is 1.20. The minimum Gasteiger partial charge on any atom is -0.467 e. The van der Waals surface area contributed by atoms with Gasteiger partial charge >= 0.3 is 0 Å². The van der Waals surface area contributed by atoms with Gasteiger partial charge in [0.25, 0.3) is 5.91 Å². The van der Waals surface area contributed by atoms with Gasteiger partial charge in [0.15, 0.2) is 5.13 Å². The Hall–Kier alpha value is -3.29. The largest absolute Gasteiger partial charge is 0.467 e. The minimum absolute atomic E-state index is 0.196. The number of thiazole rings is 1.